The monoisotopic (exact) mass is 305 g/mol. The average molecular weight is 305 g/mol. The molecule has 0 atom stereocenters. The number of hydrogen-bond donors (Lipinski definition) is 1. The molecule has 0 heterocycles. The topological polar surface area (TPSA) is 57.6 Å². The standard InChI is InChI=1S/C18H27NO3/c1-3-19(16-12-10-9-11-15(16)2)17(20)13-7-5-4-6-8-14-18(21)22/h9-12H,3-8,13-14H2,1-2H3,(H,21,22). The Kier molecular flexibility index (Phi) is 8.26. The van der Waals surface area contributed by atoms with Crippen molar-refractivity contribution in [2.24, 2.45) is 0 Å². The molecule has 1 N–H and O–H groups in total. The number of hydrogen-bond acceptors (Lipinski definition) is 2. The van der Waals surface area contributed by atoms with Crippen LogP contribution in [0.1, 0.15) is 57.4 Å². The normalized spacial score (nSPS) is 10.5. The molecule has 1 aromatic rings. The van der Waals surface area contributed by atoms with E-state index >= 15 is 0 Å². The summed E-state index contributed by atoms with van der Waals surface area (Å²) in [4.78, 5) is 24.6. The second-order valence-corrected chi connectivity index (χ2v) is 5.59. The Bertz CT molecular complexity index is 485. The molecule has 0 saturated carbocycles. The van der Waals surface area contributed by atoms with Gasteiger partial charge in [0, 0.05) is 25.1 Å². The van der Waals surface area contributed by atoms with Crippen molar-refractivity contribution in [3.63, 3.8) is 0 Å². The third-order valence-corrected chi connectivity index (χ3v) is 3.80. The lowest BCUT2D eigenvalue weighted by Gasteiger charge is -2.23. The van der Waals surface area contributed by atoms with Crippen LogP contribution >= 0.6 is 0 Å². The fraction of sp³-hybridized carbons (Fsp3) is 0.556. The maximum Gasteiger partial charge on any atom is 0.303 e. The van der Waals surface area contributed by atoms with Gasteiger partial charge in [-0.2, -0.15) is 0 Å². The summed E-state index contributed by atoms with van der Waals surface area (Å²) < 4.78 is 0. The second kappa shape index (κ2) is 9.98. The molecule has 0 fully saturated rings. The average Bonchev–Trinajstić information content (AvgIpc) is 2.48. The first-order chi connectivity index (χ1) is 10.6. The van der Waals surface area contributed by atoms with Crippen molar-refractivity contribution < 1.29 is 14.7 Å². The number of aryl methyl sites for hydroxylation is 1. The Morgan fingerprint density at radius 1 is 1.00 bits per heavy atom. The van der Waals surface area contributed by atoms with Crippen LogP contribution in [-0.4, -0.2) is 23.5 Å². The molecule has 0 aliphatic rings. The zero-order valence-electron chi connectivity index (χ0n) is 13.7. The summed E-state index contributed by atoms with van der Waals surface area (Å²) in [7, 11) is 0. The molecular weight excluding hydrogens is 278 g/mol. The summed E-state index contributed by atoms with van der Waals surface area (Å²) in [5.41, 5.74) is 2.11. The molecule has 4 nitrogen and oxygen atoms in total. The molecule has 0 unspecified atom stereocenters. The molecular formula is C18H27NO3. The molecule has 122 valence electrons. The maximum absolute atomic E-state index is 12.4. The first kappa shape index (κ1) is 18.2. The van der Waals surface area contributed by atoms with Gasteiger partial charge in [0.15, 0.2) is 0 Å². The van der Waals surface area contributed by atoms with Gasteiger partial charge in [0.05, 0.1) is 0 Å². The molecule has 0 bridgehead atoms. The summed E-state index contributed by atoms with van der Waals surface area (Å²) in [6, 6.07) is 7.95. The number of anilines is 1. The highest BCUT2D eigenvalue weighted by Gasteiger charge is 2.14. The lowest BCUT2D eigenvalue weighted by atomic mass is 10.1. The van der Waals surface area contributed by atoms with Crippen LogP contribution in [0, 0.1) is 6.92 Å². The van der Waals surface area contributed by atoms with Crippen molar-refractivity contribution in [3.05, 3.63) is 29.8 Å². The van der Waals surface area contributed by atoms with Crippen LogP contribution in [-0.2, 0) is 9.59 Å². The second-order valence-electron chi connectivity index (χ2n) is 5.59. The molecule has 0 radical (unpaired) electrons. The largest absolute Gasteiger partial charge is 0.481 e. The number of aliphatic carboxylic acids is 1. The molecule has 0 aromatic heterocycles. The first-order valence-electron chi connectivity index (χ1n) is 8.14. The zero-order valence-corrected chi connectivity index (χ0v) is 13.7. The summed E-state index contributed by atoms with van der Waals surface area (Å²) in [5.74, 6) is -0.561. The molecule has 0 spiro atoms. The van der Waals surface area contributed by atoms with Gasteiger partial charge in [-0.15, -0.1) is 0 Å². The number of unbranched alkanes of at least 4 members (excludes halogenated alkanes) is 4. The highest BCUT2D eigenvalue weighted by atomic mass is 16.4. The number of rotatable bonds is 10. The van der Waals surface area contributed by atoms with Gasteiger partial charge in [0.2, 0.25) is 5.91 Å². The Hall–Kier alpha value is -1.84. The van der Waals surface area contributed by atoms with Crippen molar-refractivity contribution in [1.82, 2.24) is 0 Å². The van der Waals surface area contributed by atoms with Crippen molar-refractivity contribution >= 4 is 17.6 Å². The van der Waals surface area contributed by atoms with Crippen LogP contribution in [0.2, 0.25) is 0 Å². The number of amides is 1. The van der Waals surface area contributed by atoms with Gasteiger partial charge in [-0.05, 0) is 38.3 Å². The summed E-state index contributed by atoms with van der Waals surface area (Å²) in [6.45, 7) is 4.70. The number of carbonyl (C=O) groups is 2. The van der Waals surface area contributed by atoms with Gasteiger partial charge in [-0.1, -0.05) is 37.5 Å². The molecule has 1 amide bonds. The van der Waals surface area contributed by atoms with E-state index in [2.05, 4.69) is 0 Å². The molecule has 1 aromatic carbocycles. The van der Waals surface area contributed by atoms with Gasteiger partial charge in [0.25, 0.3) is 0 Å². The van der Waals surface area contributed by atoms with Gasteiger partial charge in [0.1, 0.15) is 0 Å². The van der Waals surface area contributed by atoms with Crippen LogP contribution in [0.3, 0.4) is 0 Å². The van der Waals surface area contributed by atoms with Crippen LogP contribution in [0.25, 0.3) is 0 Å². The molecule has 1 rings (SSSR count). The molecule has 0 aliphatic heterocycles. The van der Waals surface area contributed by atoms with E-state index in [-0.39, 0.29) is 12.3 Å². The van der Waals surface area contributed by atoms with Crippen molar-refractivity contribution in [3.8, 4) is 0 Å². The number of nitrogens with zero attached hydrogens (tertiary/aromatic N) is 1. The molecule has 4 heteroatoms. The minimum atomic E-state index is -0.730. The fourth-order valence-electron chi connectivity index (χ4n) is 2.57. The minimum absolute atomic E-state index is 0.169. The van der Waals surface area contributed by atoms with Gasteiger partial charge < -0.3 is 10.0 Å². The Morgan fingerprint density at radius 3 is 2.18 bits per heavy atom. The Morgan fingerprint density at radius 2 is 1.59 bits per heavy atom. The van der Waals surface area contributed by atoms with Crippen LogP contribution in [0.5, 0.6) is 0 Å². The van der Waals surface area contributed by atoms with E-state index < -0.39 is 5.97 Å². The number of para-hydroxylation sites is 1. The number of carboxylic acids is 1. The van der Waals surface area contributed by atoms with E-state index in [1.807, 2.05) is 43.0 Å². The van der Waals surface area contributed by atoms with Crippen molar-refractivity contribution in [1.29, 1.82) is 0 Å². The van der Waals surface area contributed by atoms with E-state index in [1.165, 1.54) is 0 Å². The van der Waals surface area contributed by atoms with Crippen LogP contribution < -0.4 is 4.90 Å². The van der Waals surface area contributed by atoms with E-state index in [0.717, 1.165) is 43.4 Å². The fourth-order valence-corrected chi connectivity index (χ4v) is 2.57. The zero-order chi connectivity index (χ0) is 16.4. The molecule has 0 saturated heterocycles. The van der Waals surface area contributed by atoms with Crippen LogP contribution in [0.15, 0.2) is 24.3 Å². The van der Waals surface area contributed by atoms with Crippen LogP contribution in [0.4, 0.5) is 5.69 Å². The third kappa shape index (κ3) is 6.29. The number of benzene rings is 1. The Balaban J connectivity index is 2.31. The van der Waals surface area contributed by atoms with Crippen molar-refractivity contribution in [2.75, 3.05) is 11.4 Å². The highest BCUT2D eigenvalue weighted by Crippen LogP contribution is 2.20. The molecule has 0 aliphatic carbocycles. The predicted molar refractivity (Wildman–Crippen MR) is 89.2 cm³/mol. The maximum atomic E-state index is 12.4. The lowest BCUT2D eigenvalue weighted by Crippen LogP contribution is -2.30. The Labute approximate surface area is 133 Å². The summed E-state index contributed by atoms with van der Waals surface area (Å²) >= 11 is 0. The minimum Gasteiger partial charge on any atom is -0.481 e. The smallest absolute Gasteiger partial charge is 0.303 e. The number of carboxylic acid groups (broad SMARTS) is 1. The summed E-state index contributed by atoms with van der Waals surface area (Å²) in [5, 5.41) is 8.56. The predicted octanol–water partition coefficient (Wildman–Crippen LogP) is 4.16. The lowest BCUT2D eigenvalue weighted by molar-refractivity contribution is -0.137. The van der Waals surface area contributed by atoms with Gasteiger partial charge in [-0.25, -0.2) is 0 Å². The van der Waals surface area contributed by atoms with Gasteiger partial charge in [-0.3, -0.25) is 9.59 Å². The van der Waals surface area contributed by atoms with Crippen molar-refractivity contribution in [2.45, 2.75) is 58.8 Å². The van der Waals surface area contributed by atoms with E-state index in [9.17, 15) is 9.59 Å². The van der Waals surface area contributed by atoms with E-state index in [0.29, 0.717) is 13.0 Å². The SMILES string of the molecule is CCN(C(=O)CCCCCCCC(=O)O)c1ccccc1C. The van der Waals surface area contributed by atoms with E-state index in [4.69, 9.17) is 5.11 Å². The number of carbonyl (C=O) groups excluding carboxylic acids is 1. The molecule has 22 heavy (non-hydrogen) atoms. The highest BCUT2D eigenvalue weighted by molar-refractivity contribution is 5.93. The first-order valence-corrected chi connectivity index (χ1v) is 8.14. The quantitative estimate of drug-likeness (QED) is 0.660. The van der Waals surface area contributed by atoms with Gasteiger partial charge >= 0.3 is 5.97 Å². The third-order valence-electron chi connectivity index (χ3n) is 3.80. The summed E-state index contributed by atoms with van der Waals surface area (Å²) in [6.07, 6.45) is 5.31. The van der Waals surface area contributed by atoms with E-state index in [1.54, 1.807) is 0 Å².